The molecule has 0 aliphatic rings. The molecule has 0 saturated carbocycles. The van der Waals surface area contributed by atoms with Gasteiger partial charge in [0.1, 0.15) is 0 Å². The van der Waals surface area contributed by atoms with Crippen molar-refractivity contribution in [3.8, 4) is 11.5 Å². The molecular weight excluding hydrogens is 463 g/mol. The van der Waals surface area contributed by atoms with Crippen LogP contribution in [-0.2, 0) is 19.4 Å². The van der Waals surface area contributed by atoms with Gasteiger partial charge >= 0.3 is 0 Å². The van der Waals surface area contributed by atoms with Crippen molar-refractivity contribution in [2.75, 3.05) is 20.8 Å². The quantitative estimate of drug-likeness (QED) is 0.337. The van der Waals surface area contributed by atoms with Gasteiger partial charge in [0.2, 0.25) is 0 Å². The number of hydrogen-bond acceptors (Lipinski definition) is 5. The van der Waals surface area contributed by atoms with Crippen molar-refractivity contribution >= 4 is 41.3 Å². The highest BCUT2D eigenvalue weighted by atomic mass is 127. The van der Waals surface area contributed by atoms with E-state index in [2.05, 4.69) is 29.1 Å². The molecule has 0 bridgehead atoms. The van der Waals surface area contributed by atoms with E-state index < -0.39 is 0 Å². The smallest absolute Gasteiger partial charge is 0.188 e. The van der Waals surface area contributed by atoms with Crippen LogP contribution in [0.2, 0.25) is 0 Å². The van der Waals surface area contributed by atoms with Gasteiger partial charge in [0.15, 0.2) is 17.5 Å². The first-order valence-electron chi connectivity index (χ1n) is 8.27. The van der Waals surface area contributed by atoms with Gasteiger partial charge in [-0.15, -0.1) is 35.3 Å². The molecule has 1 aromatic heterocycles. The molecule has 1 aromatic carbocycles. The molecule has 0 fully saturated rings. The molecule has 2 rings (SSSR count). The van der Waals surface area contributed by atoms with Crippen LogP contribution >= 0.6 is 35.3 Å². The maximum Gasteiger partial charge on any atom is 0.188 e. The van der Waals surface area contributed by atoms with E-state index in [0.29, 0.717) is 24.0 Å². The molecule has 0 radical (unpaired) electrons. The Kier molecular flexibility index (Phi) is 9.71. The minimum absolute atomic E-state index is 0. The van der Waals surface area contributed by atoms with Crippen molar-refractivity contribution in [2.45, 2.75) is 33.2 Å². The molecule has 0 spiro atoms. The number of aromatic nitrogens is 1. The lowest BCUT2D eigenvalue weighted by atomic mass is 10.2. The van der Waals surface area contributed by atoms with Crippen LogP contribution < -0.4 is 20.5 Å². The molecule has 0 aliphatic heterocycles. The van der Waals surface area contributed by atoms with Crippen molar-refractivity contribution in [3.05, 3.63) is 39.3 Å². The third-order valence-electron chi connectivity index (χ3n) is 3.80. The summed E-state index contributed by atoms with van der Waals surface area (Å²) >= 11 is 1.75. The number of benzene rings is 1. The van der Waals surface area contributed by atoms with Crippen LogP contribution in [-0.4, -0.2) is 31.7 Å². The molecule has 144 valence electrons. The minimum atomic E-state index is 0. The lowest BCUT2D eigenvalue weighted by Crippen LogP contribution is -2.33. The van der Waals surface area contributed by atoms with Gasteiger partial charge in [0.05, 0.1) is 31.5 Å². The number of nitrogens with two attached hydrogens (primary N) is 1. The Balaban J connectivity index is 0.00000338. The summed E-state index contributed by atoms with van der Waals surface area (Å²) < 4.78 is 10.5. The molecular formula is C18H27IN4O2S. The lowest BCUT2D eigenvalue weighted by Gasteiger charge is -2.09. The fourth-order valence-electron chi connectivity index (χ4n) is 2.43. The highest BCUT2D eigenvalue weighted by molar-refractivity contribution is 14.0. The Morgan fingerprint density at radius 1 is 1.27 bits per heavy atom. The first kappa shape index (κ1) is 22.5. The zero-order valence-corrected chi connectivity index (χ0v) is 18.8. The number of guanidine groups is 1. The van der Waals surface area contributed by atoms with Gasteiger partial charge in [-0.2, -0.15) is 0 Å². The monoisotopic (exact) mass is 490 g/mol. The van der Waals surface area contributed by atoms with Gasteiger partial charge in [0.25, 0.3) is 0 Å². The maximum absolute atomic E-state index is 5.94. The van der Waals surface area contributed by atoms with Crippen molar-refractivity contribution < 1.29 is 9.47 Å². The van der Waals surface area contributed by atoms with Gasteiger partial charge in [-0.05, 0) is 31.0 Å². The van der Waals surface area contributed by atoms with Crippen LogP contribution in [0.5, 0.6) is 11.5 Å². The number of thiazole rings is 1. The molecule has 0 saturated heterocycles. The number of halogens is 1. The molecule has 2 aromatic rings. The van der Waals surface area contributed by atoms with Crippen molar-refractivity contribution in [1.82, 2.24) is 10.3 Å². The predicted octanol–water partition coefficient (Wildman–Crippen LogP) is 3.30. The second-order valence-corrected chi connectivity index (χ2v) is 6.82. The van der Waals surface area contributed by atoms with Crippen LogP contribution in [0.1, 0.15) is 28.1 Å². The van der Waals surface area contributed by atoms with Gasteiger partial charge < -0.3 is 20.5 Å². The number of aliphatic imine (C=N–C) groups is 1. The average Bonchev–Trinajstić information content (AvgIpc) is 2.99. The molecule has 0 atom stereocenters. The first-order valence-corrected chi connectivity index (χ1v) is 9.08. The maximum atomic E-state index is 5.94. The third-order valence-corrected chi connectivity index (χ3v) is 4.87. The summed E-state index contributed by atoms with van der Waals surface area (Å²) in [7, 11) is 3.23. The molecule has 0 amide bonds. The van der Waals surface area contributed by atoms with E-state index in [1.165, 1.54) is 10.6 Å². The Bertz CT molecular complexity index is 734. The molecule has 0 aliphatic carbocycles. The minimum Gasteiger partial charge on any atom is -0.493 e. The second kappa shape index (κ2) is 11.2. The summed E-state index contributed by atoms with van der Waals surface area (Å²) in [6.45, 7) is 5.45. The van der Waals surface area contributed by atoms with Crippen LogP contribution in [0.15, 0.2) is 23.2 Å². The van der Waals surface area contributed by atoms with E-state index in [4.69, 9.17) is 15.2 Å². The molecule has 1 heterocycles. The van der Waals surface area contributed by atoms with Crippen LogP contribution in [0, 0.1) is 6.92 Å². The molecule has 26 heavy (non-hydrogen) atoms. The van der Waals surface area contributed by atoms with Gasteiger partial charge in [0, 0.05) is 17.8 Å². The van der Waals surface area contributed by atoms with Crippen LogP contribution in [0.25, 0.3) is 0 Å². The van der Waals surface area contributed by atoms with E-state index in [1.807, 2.05) is 18.2 Å². The molecule has 6 nitrogen and oxygen atoms in total. The van der Waals surface area contributed by atoms with Crippen molar-refractivity contribution in [2.24, 2.45) is 10.7 Å². The van der Waals surface area contributed by atoms with Crippen molar-refractivity contribution in [1.29, 1.82) is 0 Å². The van der Waals surface area contributed by atoms with Gasteiger partial charge in [-0.1, -0.05) is 13.0 Å². The largest absolute Gasteiger partial charge is 0.493 e. The molecule has 0 unspecified atom stereocenters. The van der Waals surface area contributed by atoms with E-state index in [9.17, 15) is 0 Å². The van der Waals surface area contributed by atoms with Gasteiger partial charge in [-0.25, -0.2) is 9.98 Å². The summed E-state index contributed by atoms with van der Waals surface area (Å²) in [5.41, 5.74) is 8.13. The number of rotatable bonds is 8. The fourth-order valence-corrected chi connectivity index (χ4v) is 3.45. The summed E-state index contributed by atoms with van der Waals surface area (Å²) in [5, 5.41) is 4.27. The Hall–Kier alpha value is -1.55. The molecule has 3 N–H and O–H groups in total. The summed E-state index contributed by atoms with van der Waals surface area (Å²) in [5.74, 6) is 1.82. The Labute approximate surface area is 176 Å². The number of aryl methyl sites for hydroxylation is 2. The summed E-state index contributed by atoms with van der Waals surface area (Å²) in [6.07, 6.45) is 1.82. The highest BCUT2D eigenvalue weighted by Crippen LogP contribution is 2.27. The third kappa shape index (κ3) is 6.31. The number of nitrogens with zero attached hydrogens (tertiary/aromatic N) is 2. The highest BCUT2D eigenvalue weighted by Gasteiger charge is 2.06. The number of methoxy groups -OCH3 is 2. The summed E-state index contributed by atoms with van der Waals surface area (Å²) in [6, 6.07) is 5.71. The van der Waals surface area contributed by atoms with Crippen LogP contribution in [0.4, 0.5) is 0 Å². The van der Waals surface area contributed by atoms with E-state index >= 15 is 0 Å². The standard InChI is InChI=1S/C18H26N4O2S.HI/c1-5-14-12(2)25-17(22-14)8-9-20-18(19)21-11-13-6-7-15(23-3)16(10-13)24-4;/h6-7,10H,5,8-9,11H2,1-4H3,(H3,19,20,21);1H. The lowest BCUT2D eigenvalue weighted by molar-refractivity contribution is 0.354. The number of hydrogen-bond donors (Lipinski definition) is 2. The van der Waals surface area contributed by atoms with Crippen LogP contribution in [0.3, 0.4) is 0 Å². The van der Waals surface area contributed by atoms with E-state index in [0.717, 1.165) is 30.0 Å². The predicted molar refractivity (Wildman–Crippen MR) is 118 cm³/mol. The Morgan fingerprint density at radius 2 is 2.00 bits per heavy atom. The second-order valence-electron chi connectivity index (χ2n) is 5.53. The van der Waals surface area contributed by atoms with Gasteiger partial charge in [-0.3, -0.25) is 0 Å². The van der Waals surface area contributed by atoms with Crippen molar-refractivity contribution in [3.63, 3.8) is 0 Å². The molecule has 8 heteroatoms. The zero-order valence-electron chi connectivity index (χ0n) is 15.7. The first-order chi connectivity index (χ1) is 12.1. The number of nitrogens with one attached hydrogen (secondary N) is 1. The van der Waals surface area contributed by atoms with E-state index in [1.54, 1.807) is 25.6 Å². The zero-order chi connectivity index (χ0) is 18.2. The SMILES string of the molecule is CCc1nc(CCNC(N)=NCc2ccc(OC)c(OC)c2)sc1C.I. The summed E-state index contributed by atoms with van der Waals surface area (Å²) in [4.78, 5) is 10.3. The fraction of sp³-hybridized carbons (Fsp3) is 0.444. The topological polar surface area (TPSA) is 81.8 Å². The average molecular weight is 490 g/mol. The number of ether oxygens (including phenoxy) is 2. The Morgan fingerprint density at radius 3 is 2.62 bits per heavy atom. The van der Waals surface area contributed by atoms with E-state index in [-0.39, 0.29) is 24.0 Å². The normalized spacial score (nSPS) is 11.0.